The molecule has 0 saturated heterocycles. The van der Waals surface area contributed by atoms with E-state index in [2.05, 4.69) is 4.98 Å². The molecule has 0 radical (unpaired) electrons. The Morgan fingerprint density at radius 1 is 1.05 bits per heavy atom. The third kappa shape index (κ3) is 2.34. The van der Waals surface area contributed by atoms with Crippen LogP contribution in [0.15, 0.2) is 48.7 Å². The number of aliphatic hydroxyl groups is 1. The Labute approximate surface area is 122 Å². The zero-order valence-corrected chi connectivity index (χ0v) is 12.0. The molecule has 4 nitrogen and oxygen atoms in total. The second-order valence-corrected chi connectivity index (χ2v) is 4.81. The van der Waals surface area contributed by atoms with Gasteiger partial charge in [0, 0.05) is 17.3 Å². The number of aliphatic hydroxyl groups excluding tert-OH is 1. The lowest BCUT2D eigenvalue weighted by Crippen LogP contribution is -2.03. The molecular formula is C17H17NO3. The smallest absolute Gasteiger partial charge is 0.166 e. The van der Waals surface area contributed by atoms with E-state index in [4.69, 9.17) is 9.47 Å². The summed E-state index contributed by atoms with van der Waals surface area (Å²) in [5.74, 6) is 1.17. The van der Waals surface area contributed by atoms with Crippen molar-refractivity contribution in [3.05, 3.63) is 59.8 Å². The average Bonchev–Trinajstić information content (AvgIpc) is 3.00. The number of rotatable bonds is 4. The van der Waals surface area contributed by atoms with Crippen LogP contribution in [-0.2, 0) is 0 Å². The van der Waals surface area contributed by atoms with Crippen molar-refractivity contribution >= 4 is 10.9 Å². The minimum Gasteiger partial charge on any atom is -0.493 e. The van der Waals surface area contributed by atoms with Crippen molar-refractivity contribution < 1.29 is 14.6 Å². The van der Waals surface area contributed by atoms with Gasteiger partial charge < -0.3 is 19.6 Å². The number of hydrogen-bond acceptors (Lipinski definition) is 3. The van der Waals surface area contributed by atoms with Crippen molar-refractivity contribution in [2.75, 3.05) is 14.2 Å². The fourth-order valence-corrected chi connectivity index (χ4v) is 2.55. The summed E-state index contributed by atoms with van der Waals surface area (Å²) < 4.78 is 10.7. The first-order valence-corrected chi connectivity index (χ1v) is 6.70. The van der Waals surface area contributed by atoms with Crippen LogP contribution in [0.2, 0.25) is 0 Å². The van der Waals surface area contributed by atoms with Crippen LogP contribution in [-0.4, -0.2) is 24.3 Å². The molecule has 3 rings (SSSR count). The van der Waals surface area contributed by atoms with Crippen LogP contribution in [0.3, 0.4) is 0 Å². The zero-order valence-electron chi connectivity index (χ0n) is 12.0. The fourth-order valence-electron chi connectivity index (χ4n) is 2.55. The molecule has 0 bridgehead atoms. The van der Waals surface area contributed by atoms with Gasteiger partial charge in [-0.05, 0) is 35.2 Å². The summed E-state index contributed by atoms with van der Waals surface area (Å²) in [6.07, 6.45) is 1.11. The van der Waals surface area contributed by atoms with E-state index in [1.807, 2.05) is 48.7 Å². The van der Waals surface area contributed by atoms with Crippen LogP contribution in [0.5, 0.6) is 11.5 Å². The Morgan fingerprint density at radius 3 is 2.67 bits per heavy atom. The van der Waals surface area contributed by atoms with Gasteiger partial charge in [0.1, 0.15) is 6.10 Å². The Hall–Kier alpha value is -2.46. The monoisotopic (exact) mass is 283 g/mol. The molecule has 3 aromatic rings. The maximum Gasteiger partial charge on any atom is 0.166 e. The van der Waals surface area contributed by atoms with Gasteiger partial charge >= 0.3 is 0 Å². The van der Waals surface area contributed by atoms with Crippen molar-refractivity contribution in [2.45, 2.75) is 6.10 Å². The van der Waals surface area contributed by atoms with Crippen LogP contribution < -0.4 is 9.47 Å². The van der Waals surface area contributed by atoms with Crippen LogP contribution in [0, 0.1) is 0 Å². The first kappa shape index (κ1) is 13.5. The first-order valence-electron chi connectivity index (χ1n) is 6.70. The molecule has 0 spiro atoms. The molecule has 4 heteroatoms. The van der Waals surface area contributed by atoms with E-state index in [1.165, 1.54) is 0 Å². The normalized spacial score (nSPS) is 12.3. The minimum absolute atomic E-state index is 0.557. The second-order valence-electron chi connectivity index (χ2n) is 4.81. The van der Waals surface area contributed by atoms with Gasteiger partial charge in [-0.1, -0.05) is 18.2 Å². The molecule has 2 N–H and O–H groups in total. The molecule has 1 aromatic heterocycles. The standard InChI is InChI=1S/C17H17NO3/c1-20-15-5-3-4-13(17(15)21-2)16(19)12-6-7-14-11(10-12)8-9-18-14/h3-10,16,18-19H,1-2H3. The van der Waals surface area contributed by atoms with E-state index < -0.39 is 6.10 Å². The van der Waals surface area contributed by atoms with Gasteiger partial charge in [0.05, 0.1) is 14.2 Å². The molecule has 0 aliphatic heterocycles. The molecule has 0 fully saturated rings. The SMILES string of the molecule is COc1cccc(C(O)c2ccc3[nH]ccc3c2)c1OC. The van der Waals surface area contributed by atoms with Crippen LogP contribution >= 0.6 is 0 Å². The summed E-state index contributed by atoms with van der Waals surface area (Å²) in [5, 5.41) is 11.7. The summed E-state index contributed by atoms with van der Waals surface area (Å²) >= 11 is 0. The van der Waals surface area contributed by atoms with Gasteiger partial charge in [-0.15, -0.1) is 0 Å². The van der Waals surface area contributed by atoms with Gasteiger partial charge in [-0.25, -0.2) is 0 Å². The van der Waals surface area contributed by atoms with Crippen molar-refractivity contribution in [3.8, 4) is 11.5 Å². The van der Waals surface area contributed by atoms with Crippen molar-refractivity contribution in [1.29, 1.82) is 0 Å². The second kappa shape index (κ2) is 5.50. The van der Waals surface area contributed by atoms with E-state index in [1.54, 1.807) is 14.2 Å². The summed E-state index contributed by atoms with van der Waals surface area (Å²) in [6.45, 7) is 0. The molecule has 1 atom stereocenters. The highest BCUT2D eigenvalue weighted by Crippen LogP contribution is 2.37. The van der Waals surface area contributed by atoms with E-state index in [0.717, 1.165) is 16.5 Å². The quantitative estimate of drug-likeness (QED) is 0.772. The Kier molecular flexibility index (Phi) is 3.54. The topological polar surface area (TPSA) is 54.5 Å². The van der Waals surface area contributed by atoms with Crippen LogP contribution in [0.4, 0.5) is 0 Å². The van der Waals surface area contributed by atoms with Crippen LogP contribution in [0.1, 0.15) is 17.2 Å². The zero-order chi connectivity index (χ0) is 14.8. The highest BCUT2D eigenvalue weighted by molar-refractivity contribution is 5.80. The molecule has 0 saturated carbocycles. The minimum atomic E-state index is -0.769. The number of hydrogen-bond donors (Lipinski definition) is 2. The highest BCUT2D eigenvalue weighted by atomic mass is 16.5. The lowest BCUT2D eigenvalue weighted by molar-refractivity contribution is 0.213. The molecule has 1 heterocycles. The molecule has 108 valence electrons. The number of aromatic nitrogens is 1. The number of methoxy groups -OCH3 is 2. The van der Waals surface area contributed by atoms with Gasteiger partial charge in [0.2, 0.25) is 0 Å². The molecule has 0 amide bonds. The van der Waals surface area contributed by atoms with E-state index in [-0.39, 0.29) is 0 Å². The lowest BCUT2D eigenvalue weighted by Gasteiger charge is -2.17. The van der Waals surface area contributed by atoms with Crippen molar-refractivity contribution in [1.82, 2.24) is 4.98 Å². The van der Waals surface area contributed by atoms with Gasteiger partial charge in [-0.3, -0.25) is 0 Å². The predicted molar refractivity (Wildman–Crippen MR) is 81.9 cm³/mol. The Balaban J connectivity index is 2.06. The largest absolute Gasteiger partial charge is 0.493 e. The van der Waals surface area contributed by atoms with Gasteiger partial charge in [-0.2, -0.15) is 0 Å². The van der Waals surface area contributed by atoms with Crippen molar-refractivity contribution in [2.24, 2.45) is 0 Å². The number of nitrogens with one attached hydrogen (secondary N) is 1. The van der Waals surface area contributed by atoms with Gasteiger partial charge in [0.25, 0.3) is 0 Å². The van der Waals surface area contributed by atoms with E-state index >= 15 is 0 Å². The Bertz CT molecular complexity index is 764. The summed E-state index contributed by atoms with van der Waals surface area (Å²) in [7, 11) is 3.16. The average molecular weight is 283 g/mol. The molecule has 21 heavy (non-hydrogen) atoms. The van der Waals surface area contributed by atoms with E-state index in [0.29, 0.717) is 17.1 Å². The van der Waals surface area contributed by atoms with Crippen LogP contribution in [0.25, 0.3) is 10.9 Å². The van der Waals surface area contributed by atoms with Gasteiger partial charge in [0.15, 0.2) is 11.5 Å². The number of para-hydroxylation sites is 1. The maximum absolute atomic E-state index is 10.7. The fraction of sp³-hybridized carbons (Fsp3) is 0.176. The lowest BCUT2D eigenvalue weighted by atomic mass is 9.99. The number of ether oxygens (including phenoxy) is 2. The molecule has 0 aliphatic rings. The predicted octanol–water partition coefficient (Wildman–Crippen LogP) is 3.27. The number of aromatic amines is 1. The maximum atomic E-state index is 10.7. The van der Waals surface area contributed by atoms with Crippen molar-refractivity contribution in [3.63, 3.8) is 0 Å². The Morgan fingerprint density at radius 2 is 1.90 bits per heavy atom. The molecule has 0 aliphatic carbocycles. The summed E-state index contributed by atoms with van der Waals surface area (Å²) in [4.78, 5) is 3.14. The summed E-state index contributed by atoms with van der Waals surface area (Å²) in [6, 6.07) is 13.3. The third-order valence-electron chi connectivity index (χ3n) is 3.62. The highest BCUT2D eigenvalue weighted by Gasteiger charge is 2.18. The molecule has 2 aromatic carbocycles. The number of fused-ring (bicyclic) bond motifs is 1. The number of benzene rings is 2. The first-order chi connectivity index (χ1) is 10.2. The molecular weight excluding hydrogens is 266 g/mol. The third-order valence-corrected chi connectivity index (χ3v) is 3.62. The number of H-pyrrole nitrogens is 1. The van der Waals surface area contributed by atoms with E-state index in [9.17, 15) is 5.11 Å². The summed E-state index contributed by atoms with van der Waals surface area (Å²) in [5.41, 5.74) is 2.55. The molecule has 1 unspecified atom stereocenters.